The summed E-state index contributed by atoms with van der Waals surface area (Å²) >= 11 is 0. The lowest BCUT2D eigenvalue weighted by molar-refractivity contribution is -0.122. The van der Waals surface area contributed by atoms with E-state index in [1.165, 1.54) is 0 Å². The minimum absolute atomic E-state index is 0.250. The molecule has 0 atom stereocenters. The van der Waals surface area contributed by atoms with Crippen LogP contribution in [0.15, 0.2) is 30.9 Å². The number of nitrogens with zero attached hydrogens (tertiary/aromatic N) is 4. The lowest BCUT2D eigenvalue weighted by Crippen LogP contribution is -1.96. The van der Waals surface area contributed by atoms with Gasteiger partial charge in [0.05, 0.1) is 21.3 Å². The van der Waals surface area contributed by atoms with E-state index in [0.29, 0.717) is 29.0 Å². The van der Waals surface area contributed by atoms with Gasteiger partial charge in [0.25, 0.3) is 12.4 Å². The summed E-state index contributed by atoms with van der Waals surface area (Å²) < 4.78 is 17.7. The number of hydrogen-bond donors (Lipinski definition) is 2. The van der Waals surface area contributed by atoms with Crippen LogP contribution in [0.5, 0.6) is 17.2 Å². The first kappa shape index (κ1) is 17.8. The molecule has 0 radical (unpaired) electrons. The predicted molar refractivity (Wildman–Crippen MR) is 87.3 cm³/mol. The third-order valence-electron chi connectivity index (χ3n) is 3.15. The van der Waals surface area contributed by atoms with Crippen molar-refractivity contribution in [3.63, 3.8) is 0 Å². The van der Waals surface area contributed by atoms with Crippen LogP contribution in [0.25, 0.3) is 17.3 Å². The van der Waals surface area contributed by atoms with E-state index >= 15 is 0 Å². The van der Waals surface area contributed by atoms with Crippen LogP contribution in [0.2, 0.25) is 0 Å². The SMILES string of the molecule is COc1cc(-c2nc(-n3ccnc3)n[nH]2)cc(OC)c1OC.O=CO. The Morgan fingerprint density at radius 1 is 1.16 bits per heavy atom. The van der Waals surface area contributed by atoms with E-state index in [1.807, 2.05) is 0 Å². The molecule has 2 heterocycles. The molecular formula is C15H17N5O5. The number of imidazole rings is 1. The fourth-order valence-corrected chi connectivity index (χ4v) is 2.09. The highest BCUT2D eigenvalue weighted by Crippen LogP contribution is 2.40. The molecule has 0 spiro atoms. The third-order valence-corrected chi connectivity index (χ3v) is 3.15. The van der Waals surface area contributed by atoms with Gasteiger partial charge in [-0.25, -0.2) is 4.98 Å². The van der Waals surface area contributed by atoms with Crippen LogP contribution in [0.1, 0.15) is 0 Å². The van der Waals surface area contributed by atoms with Gasteiger partial charge in [0.15, 0.2) is 17.3 Å². The summed E-state index contributed by atoms with van der Waals surface area (Å²) in [7, 11) is 4.70. The fraction of sp³-hybridized carbons (Fsp3) is 0.200. The number of carboxylic acid groups (broad SMARTS) is 1. The highest BCUT2D eigenvalue weighted by molar-refractivity contribution is 5.66. The molecule has 25 heavy (non-hydrogen) atoms. The molecule has 10 heteroatoms. The number of ether oxygens (including phenoxy) is 3. The van der Waals surface area contributed by atoms with Crippen LogP contribution >= 0.6 is 0 Å². The first-order chi connectivity index (χ1) is 12.2. The second-order valence-corrected chi connectivity index (χ2v) is 4.47. The molecule has 0 aliphatic carbocycles. The van der Waals surface area contributed by atoms with Crippen LogP contribution in [0.4, 0.5) is 0 Å². The molecule has 0 amide bonds. The van der Waals surface area contributed by atoms with Crippen LogP contribution in [0.3, 0.4) is 0 Å². The van der Waals surface area contributed by atoms with Gasteiger partial charge in [0.1, 0.15) is 6.33 Å². The minimum atomic E-state index is -0.250. The van der Waals surface area contributed by atoms with Crippen LogP contribution < -0.4 is 14.2 Å². The number of H-pyrrole nitrogens is 1. The number of nitrogens with one attached hydrogen (secondary N) is 1. The van der Waals surface area contributed by atoms with E-state index in [2.05, 4.69) is 20.2 Å². The Morgan fingerprint density at radius 3 is 2.28 bits per heavy atom. The quantitative estimate of drug-likeness (QED) is 0.663. The molecule has 1 aromatic carbocycles. The molecule has 3 rings (SSSR count). The van der Waals surface area contributed by atoms with Crippen molar-refractivity contribution in [2.24, 2.45) is 0 Å². The second kappa shape index (κ2) is 8.34. The van der Waals surface area contributed by atoms with Crippen molar-refractivity contribution in [3.05, 3.63) is 30.9 Å². The average Bonchev–Trinajstić information content (AvgIpc) is 3.32. The summed E-state index contributed by atoms with van der Waals surface area (Å²) in [6.45, 7) is -0.250. The number of carbonyl (C=O) groups is 1. The van der Waals surface area contributed by atoms with Gasteiger partial charge in [-0.05, 0) is 12.1 Å². The molecule has 10 nitrogen and oxygen atoms in total. The number of aromatic amines is 1. The van der Waals surface area contributed by atoms with Gasteiger partial charge in [-0.1, -0.05) is 0 Å². The Kier molecular flexibility index (Phi) is 5.93. The second-order valence-electron chi connectivity index (χ2n) is 4.47. The van der Waals surface area contributed by atoms with Gasteiger partial charge in [-0.2, -0.15) is 4.98 Å². The summed E-state index contributed by atoms with van der Waals surface area (Å²) in [5.41, 5.74) is 0.772. The van der Waals surface area contributed by atoms with Crippen molar-refractivity contribution in [1.29, 1.82) is 0 Å². The molecular weight excluding hydrogens is 330 g/mol. The van der Waals surface area contributed by atoms with Gasteiger partial charge in [-0.15, -0.1) is 5.10 Å². The molecule has 2 N–H and O–H groups in total. The Morgan fingerprint density at radius 2 is 1.80 bits per heavy atom. The van der Waals surface area contributed by atoms with Crippen molar-refractivity contribution in [2.75, 3.05) is 21.3 Å². The van der Waals surface area contributed by atoms with E-state index < -0.39 is 0 Å². The lowest BCUT2D eigenvalue weighted by atomic mass is 10.1. The van der Waals surface area contributed by atoms with E-state index in [4.69, 9.17) is 24.1 Å². The van der Waals surface area contributed by atoms with Gasteiger partial charge in [0, 0.05) is 18.0 Å². The van der Waals surface area contributed by atoms with Crippen molar-refractivity contribution < 1.29 is 24.1 Å². The number of rotatable bonds is 5. The Balaban J connectivity index is 0.000000701. The standard InChI is InChI=1S/C14H15N5O3.CH2O2/c1-20-10-6-9(7-11(21-2)12(10)22-3)13-16-14(18-17-13)19-5-4-15-8-19;2-1-3/h4-8H,1-3H3,(H,16,17,18);1H,(H,2,3). The monoisotopic (exact) mass is 347 g/mol. The third kappa shape index (κ3) is 3.86. The summed E-state index contributed by atoms with van der Waals surface area (Å²) in [4.78, 5) is 16.8. The van der Waals surface area contributed by atoms with Crippen LogP contribution in [-0.2, 0) is 4.79 Å². The molecule has 3 aromatic rings. The zero-order valence-electron chi connectivity index (χ0n) is 13.8. The molecule has 0 saturated carbocycles. The largest absolute Gasteiger partial charge is 0.493 e. The van der Waals surface area contributed by atoms with Crippen LogP contribution in [-0.4, -0.2) is 57.6 Å². The van der Waals surface area contributed by atoms with Gasteiger partial charge >= 0.3 is 0 Å². The fourth-order valence-electron chi connectivity index (χ4n) is 2.09. The van der Waals surface area contributed by atoms with E-state index in [-0.39, 0.29) is 6.47 Å². The molecule has 0 bridgehead atoms. The number of aromatic nitrogens is 5. The van der Waals surface area contributed by atoms with E-state index in [9.17, 15) is 0 Å². The normalized spacial score (nSPS) is 9.72. The first-order valence-corrected chi connectivity index (χ1v) is 6.97. The Bertz CT molecular complexity index is 791. The minimum Gasteiger partial charge on any atom is -0.493 e. The average molecular weight is 347 g/mol. The maximum Gasteiger partial charge on any atom is 0.290 e. The molecule has 0 fully saturated rings. The number of hydrogen-bond acceptors (Lipinski definition) is 7. The molecule has 0 saturated heterocycles. The summed E-state index contributed by atoms with van der Waals surface area (Å²) in [6.07, 6.45) is 5.06. The highest BCUT2D eigenvalue weighted by Gasteiger charge is 2.16. The molecule has 0 unspecified atom stereocenters. The molecule has 0 aliphatic heterocycles. The lowest BCUT2D eigenvalue weighted by Gasteiger charge is -2.13. The van der Waals surface area contributed by atoms with Crippen molar-refractivity contribution in [1.82, 2.24) is 24.7 Å². The van der Waals surface area contributed by atoms with E-state index in [1.54, 1.807) is 56.8 Å². The van der Waals surface area contributed by atoms with Crippen LogP contribution in [0, 0.1) is 0 Å². The maximum atomic E-state index is 8.36. The van der Waals surface area contributed by atoms with Crippen molar-refractivity contribution in [3.8, 4) is 34.6 Å². The van der Waals surface area contributed by atoms with Gasteiger partial charge < -0.3 is 19.3 Å². The molecule has 132 valence electrons. The highest BCUT2D eigenvalue weighted by atomic mass is 16.5. The van der Waals surface area contributed by atoms with E-state index in [0.717, 1.165) is 5.56 Å². The molecule has 0 aliphatic rings. The Labute approximate surface area is 143 Å². The number of methoxy groups -OCH3 is 3. The van der Waals surface area contributed by atoms with Gasteiger partial charge in [-0.3, -0.25) is 14.5 Å². The van der Waals surface area contributed by atoms with Crippen molar-refractivity contribution in [2.45, 2.75) is 0 Å². The van der Waals surface area contributed by atoms with Crippen molar-refractivity contribution >= 4 is 6.47 Å². The molecule has 2 aromatic heterocycles. The summed E-state index contributed by atoms with van der Waals surface area (Å²) in [6, 6.07) is 3.61. The predicted octanol–water partition coefficient (Wildman–Crippen LogP) is 1.38. The number of benzene rings is 1. The zero-order valence-corrected chi connectivity index (χ0v) is 13.8. The smallest absolute Gasteiger partial charge is 0.290 e. The first-order valence-electron chi connectivity index (χ1n) is 6.97. The summed E-state index contributed by atoms with van der Waals surface area (Å²) in [5, 5.41) is 13.9. The van der Waals surface area contributed by atoms with Gasteiger partial charge in [0.2, 0.25) is 5.75 Å². The summed E-state index contributed by atoms with van der Waals surface area (Å²) in [5.74, 6) is 2.72. The Hall–Kier alpha value is -3.56. The topological polar surface area (TPSA) is 124 Å². The zero-order chi connectivity index (χ0) is 18.2. The maximum absolute atomic E-state index is 8.36.